The van der Waals surface area contributed by atoms with Gasteiger partial charge in [0.2, 0.25) is 5.28 Å². The van der Waals surface area contributed by atoms with Crippen molar-refractivity contribution in [1.82, 2.24) is 14.6 Å². The topological polar surface area (TPSA) is 51.5 Å². The van der Waals surface area contributed by atoms with Gasteiger partial charge in [0.1, 0.15) is 11.2 Å². The van der Waals surface area contributed by atoms with Crippen LogP contribution in [-0.4, -0.2) is 28.3 Å². The van der Waals surface area contributed by atoms with Gasteiger partial charge < -0.3 is 10.1 Å². The van der Waals surface area contributed by atoms with Gasteiger partial charge in [-0.25, -0.2) is 4.52 Å². The fourth-order valence-electron chi connectivity index (χ4n) is 2.64. The average Bonchev–Trinajstić information content (AvgIpc) is 3.22. The number of thiophene rings is 1. The zero-order valence-electron chi connectivity index (χ0n) is 14.2. The molecule has 3 aromatic heterocycles. The van der Waals surface area contributed by atoms with Crippen LogP contribution in [0, 0.1) is 11.8 Å². The summed E-state index contributed by atoms with van der Waals surface area (Å²) in [5.74, 6) is 6.82. The molecule has 25 heavy (non-hydrogen) atoms. The van der Waals surface area contributed by atoms with Gasteiger partial charge in [-0.1, -0.05) is 12.0 Å². The smallest absolute Gasteiger partial charge is 0.243 e. The summed E-state index contributed by atoms with van der Waals surface area (Å²) in [4.78, 5) is 5.60. The number of ether oxygens (including phenoxy) is 1. The third-order valence-electron chi connectivity index (χ3n) is 3.73. The van der Waals surface area contributed by atoms with E-state index in [1.165, 1.54) is 4.88 Å². The third-order valence-corrected chi connectivity index (χ3v) is 4.77. The van der Waals surface area contributed by atoms with Crippen LogP contribution in [0.4, 0.5) is 5.82 Å². The van der Waals surface area contributed by atoms with Gasteiger partial charge in [0.25, 0.3) is 0 Å². The number of hydrogen-bond donors (Lipinski definition) is 1. The number of nitrogens with one attached hydrogen (secondary N) is 1. The van der Waals surface area contributed by atoms with Crippen molar-refractivity contribution >= 4 is 34.3 Å². The van der Waals surface area contributed by atoms with Crippen molar-refractivity contribution in [2.24, 2.45) is 0 Å². The number of methoxy groups -OCH3 is 1. The van der Waals surface area contributed by atoms with E-state index in [0.29, 0.717) is 19.0 Å². The zero-order valence-corrected chi connectivity index (χ0v) is 15.7. The maximum absolute atomic E-state index is 6.14. The summed E-state index contributed by atoms with van der Waals surface area (Å²) in [6, 6.07) is 6.20. The van der Waals surface area contributed by atoms with Gasteiger partial charge in [0.15, 0.2) is 5.82 Å². The largest absolute Gasteiger partial charge is 0.385 e. The van der Waals surface area contributed by atoms with Crippen LogP contribution in [0.15, 0.2) is 23.6 Å². The molecule has 0 aliphatic carbocycles. The minimum absolute atomic E-state index is 0.194. The lowest BCUT2D eigenvalue weighted by molar-refractivity contribution is 0.195. The second-order valence-corrected chi connectivity index (χ2v) is 6.82. The van der Waals surface area contributed by atoms with Crippen LogP contribution in [0.5, 0.6) is 0 Å². The SMILES string of the molecule is CC#Cc1c(CCCOC)cc2c(NCc3cccs3)nc(Cl)nn12. The van der Waals surface area contributed by atoms with Crippen molar-refractivity contribution < 1.29 is 4.74 Å². The quantitative estimate of drug-likeness (QED) is 0.501. The van der Waals surface area contributed by atoms with E-state index in [1.807, 2.05) is 13.0 Å². The Labute approximate surface area is 156 Å². The maximum Gasteiger partial charge on any atom is 0.243 e. The molecule has 0 aliphatic rings. The monoisotopic (exact) mass is 374 g/mol. The predicted octanol–water partition coefficient (Wildman–Crippen LogP) is 4.01. The summed E-state index contributed by atoms with van der Waals surface area (Å²) >= 11 is 7.84. The number of rotatable bonds is 7. The second-order valence-electron chi connectivity index (χ2n) is 5.45. The molecule has 3 heterocycles. The molecule has 0 bridgehead atoms. The molecule has 0 aliphatic heterocycles. The summed E-state index contributed by atoms with van der Waals surface area (Å²) < 4.78 is 6.94. The fraction of sp³-hybridized carbons (Fsp3) is 0.333. The first-order valence-electron chi connectivity index (χ1n) is 7.99. The van der Waals surface area contributed by atoms with Crippen LogP contribution >= 0.6 is 22.9 Å². The Morgan fingerprint density at radius 2 is 2.32 bits per heavy atom. The van der Waals surface area contributed by atoms with E-state index in [4.69, 9.17) is 16.3 Å². The van der Waals surface area contributed by atoms with Crippen LogP contribution in [0.1, 0.15) is 29.5 Å². The van der Waals surface area contributed by atoms with Crippen molar-refractivity contribution in [1.29, 1.82) is 0 Å². The highest BCUT2D eigenvalue weighted by molar-refractivity contribution is 7.09. The van der Waals surface area contributed by atoms with Gasteiger partial charge in [-0.15, -0.1) is 16.4 Å². The van der Waals surface area contributed by atoms with Crippen molar-refractivity contribution in [2.75, 3.05) is 19.0 Å². The van der Waals surface area contributed by atoms with Crippen molar-refractivity contribution in [3.8, 4) is 11.8 Å². The molecule has 3 aromatic rings. The minimum Gasteiger partial charge on any atom is -0.385 e. The minimum atomic E-state index is 0.194. The molecule has 0 atom stereocenters. The van der Waals surface area contributed by atoms with Crippen LogP contribution in [0.2, 0.25) is 5.28 Å². The molecule has 0 aromatic carbocycles. The maximum atomic E-state index is 6.14. The van der Waals surface area contributed by atoms with E-state index < -0.39 is 0 Å². The Balaban J connectivity index is 1.98. The Kier molecular flexibility index (Phi) is 5.92. The molecule has 0 radical (unpaired) electrons. The summed E-state index contributed by atoms with van der Waals surface area (Å²) in [6.07, 6.45) is 1.79. The first kappa shape index (κ1) is 17.7. The van der Waals surface area contributed by atoms with Crippen molar-refractivity contribution in [3.63, 3.8) is 0 Å². The molecule has 0 amide bonds. The lowest BCUT2D eigenvalue weighted by Gasteiger charge is -2.07. The van der Waals surface area contributed by atoms with Gasteiger partial charge in [0.05, 0.1) is 6.54 Å². The molecule has 3 rings (SSSR count). The molecule has 1 N–H and O–H groups in total. The number of anilines is 1. The van der Waals surface area contributed by atoms with E-state index in [-0.39, 0.29) is 5.28 Å². The van der Waals surface area contributed by atoms with Gasteiger partial charge in [-0.2, -0.15) is 4.98 Å². The van der Waals surface area contributed by atoms with E-state index in [2.05, 4.69) is 44.8 Å². The lowest BCUT2D eigenvalue weighted by Crippen LogP contribution is -2.06. The number of halogens is 1. The summed E-state index contributed by atoms with van der Waals surface area (Å²) in [5.41, 5.74) is 2.87. The number of hydrogen-bond acceptors (Lipinski definition) is 5. The summed E-state index contributed by atoms with van der Waals surface area (Å²) in [6.45, 7) is 3.22. The Hall–Kier alpha value is -2.07. The standard InChI is InChI=1S/C18H19ClN4OS/c1-3-6-15-13(7-4-9-24-2)11-16-17(21-18(19)22-23(15)16)20-12-14-8-5-10-25-14/h5,8,10-11H,4,7,9,12H2,1-2H3,(H,20,21,22). The highest BCUT2D eigenvalue weighted by atomic mass is 35.5. The Bertz CT molecular complexity index is 909. The van der Waals surface area contributed by atoms with Crippen molar-refractivity contribution in [3.05, 3.63) is 45.0 Å². The number of nitrogens with zero attached hydrogens (tertiary/aromatic N) is 3. The first-order chi connectivity index (χ1) is 12.2. The molecule has 0 spiro atoms. The van der Waals surface area contributed by atoms with Crippen molar-refractivity contribution in [2.45, 2.75) is 26.3 Å². The molecule has 5 nitrogen and oxygen atoms in total. The molecular weight excluding hydrogens is 356 g/mol. The zero-order chi connectivity index (χ0) is 17.6. The fourth-order valence-corrected chi connectivity index (χ4v) is 3.45. The predicted molar refractivity (Wildman–Crippen MR) is 102 cm³/mol. The first-order valence-corrected chi connectivity index (χ1v) is 9.24. The molecule has 0 saturated heterocycles. The van der Waals surface area contributed by atoms with E-state index in [9.17, 15) is 0 Å². The summed E-state index contributed by atoms with van der Waals surface area (Å²) in [7, 11) is 1.71. The van der Waals surface area contributed by atoms with Crippen LogP contribution in [-0.2, 0) is 17.7 Å². The molecular formula is C18H19ClN4OS. The van der Waals surface area contributed by atoms with Gasteiger partial charge in [-0.05, 0) is 60.4 Å². The highest BCUT2D eigenvalue weighted by Gasteiger charge is 2.15. The summed E-state index contributed by atoms with van der Waals surface area (Å²) in [5, 5.41) is 9.96. The van der Waals surface area contributed by atoms with E-state index in [1.54, 1.807) is 23.0 Å². The second kappa shape index (κ2) is 8.34. The van der Waals surface area contributed by atoms with E-state index in [0.717, 1.165) is 29.6 Å². The number of aromatic nitrogens is 3. The van der Waals surface area contributed by atoms with Crippen LogP contribution in [0.25, 0.3) is 5.52 Å². The highest BCUT2D eigenvalue weighted by Crippen LogP contribution is 2.24. The Morgan fingerprint density at radius 3 is 3.04 bits per heavy atom. The van der Waals surface area contributed by atoms with Gasteiger partial charge >= 0.3 is 0 Å². The van der Waals surface area contributed by atoms with Gasteiger partial charge in [-0.3, -0.25) is 0 Å². The lowest BCUT2D eigenvalue weighted by atomic mass is 10.1. The number of fused-ring (bicyclic) bond motifs is 1. The normalized spacial score (nSPS) is 10.7. The third kappa shape index (κ3) is 4.13. The average molecular weight is 375 g/mol. The van der Waals surface area contributed by atoms with E-state index >= 15 is 0 Å². The molecule has 0 unspecified atom stereocenters. The molecule has 0 fully saturated rings. The molecule has 7 heteroatoms. The van der Waals surface area contributed by atoms with Crippen LogP contribution < -0.4 is 5.32 Å². The van der Waals surface area contributed by atoms with Crippen LogP contribution in [0.3, 0.4) is 0 Å². The van der Waals surface area contributed by atoms with Gasteiger partial charge in [0, 0.05) is 18.6 Å². The Morgan fingerprint density at radius 1 is 1.44 bits per heavy atom. The molecule has 130 valence electrons. The molecule has 0 saturated carbocycles. The number of aryl methyl sites for hydroxylation is 1.